The molecule has 4 fully saturated rings. The lowest BCUT2D eigenvalue weighted by molar-refractivity contribution is -0.166. The Balaban J connectivity index is 1.31. The molecule has 41 heavy (non-hydrogen) atoms. The van der Waals surface area contributed by atoms with E-state index in [1.807, 2.05) is 18.6 Å². The van der Waals surface area contributed by atoms with E-state index in [-0.39, 0.29) is 30.4 Å². The molecule has 0 aromatic heterocycles. The highest BCUT2D eigenvalue weighted by Gasteiger charge is 2.60. The lowest BCUT2D eigenvalue weighted by Gasteiger charge is -2.61. The average Bonchev–Trinajstić information content (AvgIpc) is 3.26. The normalized spacial score (nSPS) is 38.0. The monoisotopic (exact) mass is 594 g/mol. The molecule has 9 heteroatoms. The van der Waals surface area contributed by atoms with E-state index in [1.165, 1.54) is 38.5 Å². The number of sulfonamides is 1. The van der Waals surface area contributed by atoms with Crippen molar-refractivity contribution in [3.05, 3.63) is 0 Å². The molecule has 2 amide bonds. The molecule has 4 aliphatic carbocycles. The number of nitrogens with one attached hydrogen (secondary N) is 2. The van der Waals surface area contributed by atoms with Gasteiger partial charge in [-0.2, -0.15) is 0 Å². The van der Waals surface area contributed by atoms with E-state index in [0.29, 0.717) is 35.0 Å². The Hall–Kier alpha value is -1.64. The molecular weight excluding hydrogens is 540 g/mol. The fourth-order valence-electron chi connectivity index (χ4n) is 9.82. The molecule has 4 saturated carbocycles. The molecule has 0 spiro atoms. The first-order valence-electron chi connectivity index (χ1n) is 16.2. The van der Waals surface area contributed by atoms with Crippen molar-refractivity contribution in [2.75, 3.05) is 12.8 Å². The molecule has 10 atom stereocenters. The molecule has 0 aliphatic heterocycles. The Morgan fingerprint density at radius 1 is 0.927 bits per heavy atom. The third kappa shape index (κ3) is 6.96. The van der Waals surface area contributed by atoms with Gasteiger partial charge in [-0.05, 0) is 117 Å². The highest BCUT2D eigenvalue weighted by molar-refractivity contribution is 7.89. The largest absolute Gasteiger partial charge is 0.462 e. The zero-order chi connectivity index (χ0) is 30.2. The second kappa shape index (κ2) is 12.5. The van der Waals surface area contributed by atoms with Crippen LogP contribution in [0.3, 0.4) is 0 Å². The molecule has 0 saturated heterocycles. The minimum absolute atomic E-state index is 0.0180. The van der Waals surface area contributed by atoms with Gasteiger partial charge in [-0.25, -0.2) is 8.42 Å². The van der Waals surface area contributed by atoms with Crippen molar-refractivity contribution in [3.8, 4) is 0 Å². The first-order chi connectivity index (χ1) is 19.2. The van der Waals surface area contributed by atoms with Gasteiger partial charge in [0.15, 0.2) is 0 Å². The maximum Gasteiger partial charge on any atom is 0.308 e. The molecule has 4 rings (SSSR count). The predicted octanol–water partition coefficient (Wildman–Crippen LogP) is 5.21. The van der Waals surface area contributed by atoms with Crippen LogP contribution in [0.2, 0.25) is 0 Å². The van der Waals surface area contributed by atoms with Crippen LogP contribution in [0.25, 0.3) is 0 Å². The van der Waals surface area contributed by atoms with Crippen LogP contribution >= 0.6 is 0 Å². The van der Waals surface area contributed by atoms with Crippen LogP contribution in [0.5, 0.6) is 0 Å². The summed E-state index contributed by atoms with van der Waals surface area (Å²) < 4.78 is 30.2. The molecule has 234 valence electrons. The van der Waals surface area contributed by atoms with Gasteiger partial charge in [-0.1, -0.05) is 34.6 Å². The number of carbonyl (C=O) groups is 3. The fraction of sp³-hybridized carbons (Fsp3) is 0.906. The Bertz CT molecular complexity index is 1090. The number of fused-ring (bicyclic) bond motifs is 5. The molecule has 0 aromatic rings. The van der Waals surface area contributed by atoms with Crippen molar-refractivity contribution in [1.29, 1.82) is 0 Å². The number of esters is 1. The Kier molecular flexibility index (Phi) is 9.87. The van der Waals surface area contributed by atoms with Gasteiger partial charge in [-0.3, -0.25) is 19.1 Å². The first-order valence-corrected chi connectivity index (χ1v) is 18.0. The van der Waals surface area contributed by atoms with Crippen LogP contribution in [0, 0.1) is 52.3 Å². The highest BCUT2D eigenvalue weighted by Crippen LogP contribution is 2.68. The summed E-state index contributed by atoms with van der Waals surface area (Å²) in [5.74, 6) is 2.94. The van der Waals surface area contributed by atoms with Crippen molar-refractivity contribution in [3.63, 3.8) is 0 Å². The van der Waals surface area contributed by atoms with Crippen LogP contribution in [-0.2, 0) is 29.1 Å². The van der Waals surface area contributed by atoms with Crippen molar-refractivity contribution in [1.82, 2.24) is 10.0 Å². The van der Waals surface area contributed by atoms with E-state index < -0.39 is 15.9 Å². The zero-order valence-corrected chi connectivity index (χ0v) is 27.0. The molecule has 0 radical (unpaired) electrons. The average molecular weight is 595 g/mol. The summed E-state index contributed by atoms with van der Waals surface area (Å²) in [7, 11) is -3.63. The minimum Gasteiger partial charge on any atom is -0.462 e. The number of amides is 2. The van der Waals surface area contributed by atoms with Crippen molar-refractivity contribution in [2.45, 2.75) is 118 Å². The van der Waals surface area contributed by atoms with E-state index in [1.54, 1.807) is 0 Å². The van der Waals surface area contributed by atoms with E-state index in [2.05, 4.69) is 26.1 Å². The van der Waals surface area contributed by atoms with Gasteiger partial charge in [0, 0.05) is 6.42 Å². The first kappa shape index (κ1) is 32.3. The van der Waals surface area contributed by atoms with Gasteiger partial charge in [0.1, 0.15) is 6.10 Å². The third-order valence-corrected chi connectivity index (χ3v) is 12.8. The predicted molar refractivity (Wildman–Crippen MR) is 159 cm³/mol. The molecule has 10 unspecified atom stereocenters. The van der Waals surface area contributed by atoms with E-state index in [9.17, 15) is 22.8 Å². The summed E-state index contributed by atoms with van der Waals surface area (Å²) in [6, 6.07) is 0. The second-order valence-electron chi connectivity index (χ2n) is 14.6. The zero-order valence-electron chi connectivity index (χ0n) is 26.2. The second-order valence-corrected chi connectivity index (χ2v) is 16.4. The van der Waals surface area contributed by atoms with Crippen molar-refractivity contribution >= 4 is 27.8 Å². The van der Waals surface area contributed by atoms with Gasteiger partial charge in [0.2, 0.25) is 15.9 Å². The SMILES string of the molecule is CCC(C)C(=O)OC1CCC2(C)C(CCC3C2CCC2(C)C(C(C)CCC(=O)NCC(=O)NS(C)(=O)=O)CCC32)C1. The van der Waals surface area contributed by atoms with Crippen molar-refractivity contribution < 1.29 is 27.5 Å². The highest BCUT2D eigenvalue weighted by atomic mass is 32.2. The number of ether oxygens (including phenoxy) is 1. The van der Waals surface area contributed by atoms with Crippen LogP contribution in [0.1, 0.15) is 112 Å². The molecule has 2 N–H and O–H groups in total. The standard InChI is InChI=1S/C32H54N2O6S/c1-7-20(2)30(37)40-23-14-16-31(4)22(18-23)9-10-24-26-12-11-25(32(26,5)17-15-27(24)31)21(3)8-13-28(35)33-19-29(36)34-41(6,38)39/h20-27H,7-19H2,1-6H3,(H,33,35)(H,34,36). The summed E-state index contributed by atoms with van der Waals surface area (Å²) in [5.41, 5.74) is 0.646. The van der Waals surface area contributed by atoms with E-state index >= 15 is 0 Å². The van der Waals surface area contributed by atoms with Gasteiger partial charge < -0.3 is 10.1 Å². The third-order valence-electron chi connectivity index (χ3n) is 12.2. The number of hydrogen-bond acceptors (Lipinski definition) is 6. The Morgan fingerprint density at radius 2 is 1.61 bits per heavy atom. The maximum atomic E-state index is 12.5. The molecule has 8 nitrogen and oxygen atoms in total. The van der Waals surface area contributed by atoms with Crippen LogP contribution < -0.4 is 10.0 Å². The minimum atomic E-state index is -3.63. The lowest BCUT2D eigenvalue weighted by atomic mass is 9.44. The molecule has 0 heterocycles. The van der Waals surface area contributed by atoms with E-state index in [4.69, 9.17) is 4.74 Å². The Morgan fingerprint density at radius 3 is 2.29 bits per heavy atom. The molecular formula is C32H54N2O6S. The fourth-order valence-corrected chi connectivity index (χ4v) is 10.3. The van der Waals surface area contributed by atoms with Gasteiger partial charge >= 0.3 is 5.97 Å². The maximum absolute atomic E-state index is 12.5. The number of carbonyl (C=O) groups excluding carboxylic acids is 3. The molecule has 0 aromatic carbocycles. The summed E-state index contributed by atoms with van der Waals surface area (Å²) in [6.07, 6.45) is 13.7. The van der Waals surface area contributed by atoms with Gasteiger partial charge in [-0.15, -0.1) is 0 Å². The topological polar surface area (TPSA) is 119 Å². The van der Waals surface area contributed by atoms with Crippen LogP contribution in [-0.4, -0.2) is 45.1 Å². The van der Waals surface area contributed by atoms with Crippen molar-refractivity contribution in [2.24, 2.45) is 52.3 Å². The molecule has 0 bridgehead atoms. The lowest BCUT2D eigenvalue weighted by Crippen LogP contribution is -2.54. The van der Waals surface area contributed by atoms with E-state index in [0.717, 1.165) is 56.1 Å². The summed E-state index contributed by atoms with van der Waals surface area (Å²) in [4.78, 5) is 36.6. The smallest absolute Gasteiger partial charge is 0.308 e. The van der Waals surface area contributed by atoms with Gasteiger partial charge in [0.25, 0.3) is 5.91 Å². The summed E-state index contributed by atoms with van der Waals surface area (Å²) in [5, 5.41) is 2.56. The number of rotatable bonds is 10. The summed E-state index contributed by atoms with van der Waals surface area (Å²) in [6.45, 7) is 11.0. The van der Waals surface area contributed by atoms with Crippen LogP contribution in [0.15, 0.2) is 0 Å². The quantitative estimate of drug-likeness (QED) is 0.335. The molecule has 4 aliphatic rings. The Labute approximate surface area is 247 Å². The summed E-state index contributed by atoms with van der Waals surface area (Å²) >= 11 is 0. The van der Waals surface area contributed by atoms with Crippen LogP contribution in [0.4, 0.5) is 0 Å². The van der Waals surface area contributed by atoms with Gasteiger partial charge in [0.05, 0.1) is 18.7 Å². The number of hydrogen-bond donors (Lipinski definition) is 2.